The summed E-state index contributed by atoms with van der Waals surface area (Å²) in [6, 6.07) is 4.58. The van der Waals surface area contributed by atoms with Crippen molar-refractivity contribution >= 4 is 38.6 Å². The highest BCUT2D eigenvalue weighted by Crippen LogP contribution is 2.34. The first-order chi connectivity index (χ1) is 10.0. The van der Waals surface area contributed by atoms with E-state index >= 15 is 0 Å². The summed E-state index contributed by atoms with van der Waals surface area (Å²) in [4.78, 5) is 1.20. The number of hydrogen-bond donors (Lipinski definition) is 1. The highest BCUT2D eigenvalue weighted by molar-refractivity contribution is 9.10. The van der Waals surface area contributed by atoms with Crippen LogP contribution in [0.5, 0.6) is 0 Å². The Bertz CT molecular complexity index is 652. The van der Waals surface area contributed by atoms with Crippen LogP contribution in [0, 0.1) is 5.89 Å². The first-order valence-electron chi connectivity index (χ1n) is 7.38. The van der Waals surface area contributed by atoms with Crippen LogP contribution in [0.2, 0.25) is 0 Å². The van der Waals surface area contributed by atoms with E-state index in [1.165, 1.54) is 4.90 Å². The van der Waals surface area contributed by atoms with Crippen molar-refractivity contribution in [1.29, 1.82) is 0 Å². The Morgan fingerprint density at radius 2 is 2.20 bits per heavy atom. The Labute approximate surface area is 133 Å². The van der Waals surface area contributed by atoms with Crippen LogP contribution in [0.1, 0.15) is 33.1 Å². The van der Waals surface area contributed by atoms with Crippen LogP contribution in [-0.2, 0) is 0 Å². The molecule has 1 N–H and O–H groups in total. The standard InChI is InChI=1S/C15H19BrN2OS/c1-20-15-7-14-11(6-13(15)16)8-18(17-14)12-4-2-10(9-19)3-5-12/h6-8,10,12,19H,2-5,9H2,1H3/i10D. The average molecular weight is 356 g/mol. The van der Waals surface area contributed by atoms with Crippen molar-refractivity contribution in [1.82, 2.24) is 9.78 Å². The molecule has 0 amide bonds. The normalized spacial score (nSPS) is 27.8. The predicted octanol–water partition coefficient (Wildman–Crippen LogP) is 4.24. The third-order valence-corrected chi connectivity index (χ3v) is 5.75. The van der Waals surface area contributed by atoms with Gasteiger partial charge in [-0.1, -0.05) is 0 Å². The van der Waals surface area contributed by atoms with Crippen LogP contribution >= 0.6 is 27.7 Å². The third kappa shape index (κ3) is 2.76. The van der Waals surface area contributed by atoms with Crippen molar-refractivity contribution in [2.75, 3.05) is 12.9 Å². The van der Waals surface area contributed by atoms with E-state index in [9.17, 15) is 5.11 Å². The molecule has 1 aromatic heterocycles. The zero-order chi connectivity index (χ0) is 15.0. The van der Waals surface area contributed by atoms with Gasteiger partial charge in [0.05, 0.1) is 11.6 Å². The average Bonchev–Trinajstić information content (AvgIpc) is 2.89. The molecular weight excluding hydrogens is 336 g/mol. The molecule has 0 spiro atoms. The molecule has 1 aromatic carbocycles. The SMILES string of the molecule is [2H]C1(CO)CCC(n2cc3cc(Br)c(SC)cc3n2)CC1. The first kappa shape index (κ1) is 13.2. The molecule has 1 heterocycles. The van der Waals surface area contributed by atoms with Crippen molar-refractivity contribution in [3.63, 3.8) is 0 Å². The minimum atomic E-state index is -0.641. The number of hydrogen-bond acceptors (Lipinski definition) is 3. The van der Waals surface area contributed by atoms with E-state index in [2.05, 4.69) is 45.2 Å². The molecule has 1 aliphatic carbocycles. The molecule has 1 fully saturated rings. The number of fused-ring (bicyclic) bond motifs is 1. The van der Waals surface area contributed by atoms with Crippen LogP contribution in [0.3, 0.4) is 0 Å². The Morgan fingerprint density at radius 1 is 1.45 bits per heavy atom. The number of aromatic nitrogens is 2. The quantitative estimate of drug-likeness (QED) is 0.836. The summed E-state index contributed by atoms with van der Waals surface area (Å²) in [5.74, 6) is -0.641. The molecule has 2 aromatic rings. The summed E-state index contributed by atoms with van der Waals surface area (Å²) in [6.07, 6.45) is 7.47. The maximum absolute atomic E-state index is 9.29. The fraction of sp³-hybridized carbons (Fsp3) is 0.533. The van der Waals surface area contributed by atoms with Crippen LogP contribution in [0.4, 0.5) is 0 Å². The van der Waals surface area contributed by atoms with Gasteiger partial charge in [0.15, 0.2) is 0 Å². The summed E-state index contributed by atoms with van der Waals surface area (Å²) in [6.45, 7) is -0.0369. The zero-order valence-corrected chi connectivity index (χ0v) is 13.9. The van der Waals surface area contributed by atoms with E-state index in [0.29, 0.717) is 6.04 Å². The molecule has 3 nitrogen and oxygen atoms in total. The molecule has 108 valence electrons. The number of aliphatic hydroxyl groups excluding tert-OH is 1. The van der Waals surface area contributed by atoms with Gasteiger partial charge in [-0.3, -0.25) is 4.68 Å². The van der Waals surface area contributed by atoms with E-state index < -0.39 is 5.89 Å². The van der Waals surface area contributed by atoms with Crippen molar-refractivity contribution in [3.05, 3.63) is 22.8 Å². The number of benzene rings is 1. The third-order valence-electron chi connectivity index (χ3n) is 4.06. The van der Waals surface area contributed by atoms with Crippen LogP contribution in [0.25, 0.3) is 10.9 Å². The number of thioether (sulfide) groups is 1. The maximum Gasteiger partial charge on any atom is 0.0935 e. The van der Waals surface area contributed by atoms with Gasteiger partial charge in [-0.2, -0.15) is 5.10 Å². The van der Waals surface area contributed by atoms with Gasteiger partial charge in [-0.15, -0.1) is 11.8 Å². The molecule has 0 aliphatic heterocycles. The lowest BCUT2D eigenvalue weighted by Gasteiger charge is -2.27. The highest BCUT2D eigenvalue weighted by atomic mass is 79.9. The van der Waals surface area contributed by atoms with Crippen LogP contribution in [-0.4, -0.2) is 27.7 Å². The van der Waals surface area contributed by atoms with Crippen LogP contribution in [0.15, 0.2) is 27.7 Å². The van der Waals surface area contributed by atoms with Gasteiger partial charge in [-0.25, -0.2) is 0 Å². The minimum Gasteiger partial charge on any atom is -0.396 e. The number of aliphatic hydroxyl groups is 1. The summed E-state index contributed by atoms with van der Waals surface area (Å²) in [5.41, 5.74) is 1.02. The molecule has 0 saturated heterocycles. The maximum atomic E-state index is 9.29. The lowest BCUT2D eigenvalue weighted by atomic mass is 9.87. The predicted molar refractivity (Wildman–Crippen MR) is 87.3 cm³/mol. The number of rotatable bonds is 3. The lowest BCUT2D eigenvalue weighted by Crippen LogP contribution is -2.20. The summed E-state index contributed by atoms with van der Waals surface area (Å²) in [7, 11) is 0. The smallest absolute Gasteiger partial charge is 0.0935 e. The van der Waals surface area contributed by atoms with Gasteiger partial charge in [0, 0.05) is 28.9 Å². The largest absolute Gasteiger partial charge is 0.396 e. The van der Waals surface area contributed by atoms with Crippen molar-refractivity contribution < 1.29 is 6.48 Å². The Balaban J connectivity index is 1.85. The zero-order valence-electron chi connectivity index (χ0n) is 12.5. The molecule has 1 aliphatic rings. The van der Waals surface area contributed by atoms with Gasteiger partial charge >= 0.3 is 0 Å². The fourth-order valence-corrected chi connectivity index (χ4v) is 4.15. The molecule has 20 heavy (non-hydrogen) atoms. The van der Waals surface area contributed by atoms with E-state index in [4.69, 9.17) is 6.47 Å². The number of nitrogens with zero attached hydrogens (tertiary/aromatic N) is 2. The molecule has 0 bridgehead atoms. The summed E-state index contributed by atoms with van der Waals surface area (Å²) in [5, 5.41) is 15.2. The Kier molecular flexibility index (Phi) is 4.00. The minimum absolute atomic E-state index is 0.0369. The molecule has 0 radical (unpaired) electrons. The van der Waals surface area contributed by atoms with Crippen molar-refractivity contribution in [2.24, 2.45) is 5.89 Å². The van der Waals surface area contributed by atoms with E-state index in [-0.39, 0.29) is 6.61 Å². The molecule has 0 atom stereocenters. The monoisotopic (exact) mass is 355 g/mol. The van der Waals surface area contributed by atoms with E-state index in [1.54, 1.807) is 11.8 Å². The fourth-order valence-electron chi connectivity index (χ4n) is 2.82. The first-order valence-corrected chi connectivity index (χ1v) is 8.90. The summed E-state index contributed by atoms with van der Waals surface area (Å²) < 4.78 is 11.3. The van der Waals surface area contributed by atoms with E-state index in [0.717, 1.165) is 41.1 Å². The second kappa shape index (κ2) is 6.08. The molecule has 0 unspecified atom stereocenters. The van der Waals surface area contributed by atoms with E-state index in [1.807, 2.05) is 0 Å². The van der Waals surface area contributed by atoms with Crippen molar-refractivity contribution in [3.8, 4) is 0 Å². The highest BCUT2D eigenvalue weighted by Gasteiger charge is 2.22. The van der Waals surface area contributed by atoms with Gasteiger partial charge in [0.1, 0.15) is 0 Å². The van der Waals surface area contributed by atoms with Gasteiger partial charge in [0.2, 0.25) is 0 Å². The molecule has 5 heteroatoms. The molecule has 3 rings (SSSR count). The number of halogens is 1. The molecular formula is C15H19BrN2OS. The Hall–Kier alpha value is -0.520. The Morgan fingerprint density at radius 3 is 2.85 bits per heavy atom. The van der Waals surface area contributed by atoms with Gasteiger partial charge in [-0.05, 0) is 65.9 Å². The van der Waals surface area contributed by atoms with Crippen LogP contribution < -0.4 is 0 Å². The topological polar surface area (TPSA) is 38.0 Å². The van der Waals surface area contributed by atoms with Gasteiger partial charge < -0.3 is 5.11 Å². The molecule has 1 saturated carbocycles. The van der Waals surface area contributed by atoms with Gasteiger partial charge in [0.25, 0.3) is 0 Å². The summed E-state index contributed by atoms with van der Waals surface area (Å²) >= 11 is 5.31. The lowest BCUT2D eigenvalue weighted by molar-refractivity contribution is 0.165. The second-order valence-electron chi connectivity index (χ2n) is 5.29. The second-order valence-corrected chi connectivity index (χ2v) is 7.00. The van der Waals surface area contributed by atoms with Crippen molar-refractivity contribution in [2.45, 2.75) is 36.6 Å².